The summed E-state index contributed by atoms with van der Waals surface area (Å²) in [5.74, 6) is 0. The van der Waals surface area contributed by atoms with E-state index in [0.29, 0.717) is 10.8 Å². The number of rotatable bonds is 2. The lowest BCUT2D eigenvalue weighted by atomic mass is 10.0. The molecule has 0 aromatic heterocycles. The van der Waals surface area contributed by atoms with E-state index in [4.69, 9.17) is 4.55 Å². The first-order valence-electron chi connectivity index (χ1n) is 5.89. The Labute approximate surface area is 123 Å². The molecular weight excluding hydrogens is 312 g/mol. The first-order valence-corrected chi connectivity index (χ1v) is 8.40. The van der Waals surface area contributed by atoms with Crippen molar-refractivity contribution in [2.75, 3.05) is 0 Å². The highest BCUT2D eigenvalue weighted by Gasteiger charge is 2.10. The van der Waals surface area contributed by atoms with Crippen LogP contribution in [0.2, 0.25) is 0 Å². The second-order valence-electron chi connectivity index (χ2n) is 4.58. The number of hydrogen-bond donors (Lipinski definition) is 1. The molecule has 3 aromatic rings. The Morgan fingerprint density at radius 1 is 0.857 bits per heavy atom. The predicted octanol–water partition coefficient (Wildman–Crippen LogP) is 2.48. The summed E-state index contributed by atoms with van der Waals surface area (Å²) in [5.41, 5.74) is 0. The van der Waals surface area contributed by atoms with Gasteiger partial charge in [-0.15, -0.1) is 0 Å². The average molecular weight is 321 g/mol. The third-order valence-corrected chi connectivity index (χ3v) is 4.72. The lowest BCUT2D eigenvalue weighted by Gasteiger charge is -2.08. The van der Waals surface area contributed by atoms with Crippen LogP contribution in [-0.4, -0.2) is 21.7 Å². The highest BCUT2D eigenvalue weighted by atomic mass is 32.2. The van der Waals surface area contributed by atoms with Crippen molar-refractivity contribution in [3.05, 3.63) is 48.5 Å². The zero-order chi connectivity index (χ0) is 15.2. The second kappa shape index (κ2) is 4.88. The van der Waals surface area contributed by atoms with Crippen LogP contribution in [-0.2, 0) is 21.2 Å². The Balaban J connectivity index is 2.31. The van der Waals surface area contributed by atoms with Crippen LogP contribution in [0, 0.1) is 0 Å². The van der Waals surface area contributed by atoms with Crippen LogP contribution in [0.3, 0.4) is 0 Å². The van der Waals surface area contributed by atoms with Crippen LogP contribution in [0.25, 0.3) is 21.5 Å². The van der Waals surface area contributed by atoms with Gasteiger partial charge in [0.1, 0.15) is 0 Å². The summed E-state index contributed by atoms with van der Waals surface area (Å²) >= 11 is -2.32. The lowest BCUT2D eigenvalue weighted by Crippen LogP contribution is -1.97. The minimum absolute atomic E-state index is 0.160. The van der Waals surface area contributed by atoms with E-state index in [9.17, 15) is 17.2 Å². The van der Waals surface area contributed by atoms with Crippen LogP contribution in [0.15, 0.2) is 58.3 Å². The van der Waals surface area contributed by atoms with Crippen LogP contribution in [0.4, 0.5) is 0 Å². The largest absolute Gasteiger partial charge is 0.768 e. The topological polar surface area (TPSA) is 94.5 Å². The fourth-order valence-electron chi connectivity index (χ4n) is 2.22. The summed E-state index contributed by atoms with van der Waals surface area (Å²) in [6, 6.07) is 12.5. The quantitative estimate of drug-likeness (QED) is 0.444. The molecule has 0 amide bonds. The molecule has 3 rings (SSSR count). The molecular formula is C14H9O5S2-. The van der Waals surface area contributed by atoms with E-state index >= 15 is 0 Å². The maximum absolute atomic E-state index is 11.2. The highest BCUT2D eigenvalue weighted by Crippen LogP contribution is 2.26. The van der Waals surface area contributed by atoms with E-state index in [1.807, 2.05) is 6.07 Å². The SMILES string of the molecule is O=S([O-])c1ccc2cc3ccc(S(=O)(=O)O)cc3cc2c1. The molecule has 1 N–H and O–H groups in total. The van der Waals surface area contributed by atoms with Crippen molar-refractivity contribution in [1.82, 2.24) is 0 Å². The molecule has 0 spiro atoms. The fourth-order valence-corrected chi connectivity index (χ4v) is 3.14. The van der Waals surface area contributed by atoms with Crippen molar-refractivity contribution in [2.45, 2.75) is 9.79 Å². The van der Waals surface area contributed by atoms with Crippen molar-refractivity contribution in [2.24, 2.45) is 0 Å². The Morgan fingerprint density at radius 3 is 2.05 bits per heavy atom. The monoisotopic (exact) mass is 321 g/mol. The van der Waals surface area contributed by atoms with Crippen molar-refractivity contribution in [3.63, 3.8) is 0 Å². The van der Waals surface area contributed by atoms with Gasteiger partial charge in [-0.1, -0.05) is 12.1 Å². The molecule has 7 heteroatoms. The number of hydrogen-bond acceptors (Lipinski definition) is 4. The second-order valence-corrected chi connectivity index (χ2v) is 6.94. The molecule has 1 unspecified atom stereocenters. The minimum Gasteiger partial charge on any atom is -0.768 e. The van der Waals surface area contributed by atoms with E-state index < -0.39 is 21.2 Å². The third-order valence-electron chi connectivity index (χ3n) is 3.23. The summed E-state index contributed by atoms with van der Waals surface area (Å²) in [7, 11) is -4.27. The molecule has 0 heterocycles. The maximum Gasteiger partial charge on any atom is 0.294 e. The Kier molecular flexibility index (Phi) is 3.29. The standard InChI is InChI=1S/C14H10O5S2/c15-20(16)13-3-1-9-5-10-2-4-14(21(17,18)19)8-12(10)6-11(9)7-13/h1-8H,(H,15,16)(H,17,18,19)/p-1. The predicted molar refractivity (Wildman–Crippen MR) is 78.5 cm³/mol. The lowest BCUT2D eigenvalue weighted by molar-refractivity contribution is 0.483. The van der Waals surface area contributed by atoms with Gasteiger partial charge in [0.05, 0.1) is 4.90 Å². The van der Waals surface area contributed by atoms with Crippen LogP contribution in [0.1, 0.15) is 0 Å². The Morgan fingerprint density at radius 2 is 1.43 bits per heavy atom. The summed E-state index contributed by atoms with van der Waals surface area (Å²) in [5, 5.41) is 2.92. The van der Waals surface area contributed by atoms with Gasteiger partial charge < -0.3 is 4.55 Å². The van der Waals surface area contributed by atoms with E-state index in [-0.39, 0.29) is 9.79 Å². The molecule has 5 nitrogen and oxygen atoms in total. The summed E-state index contributed by atoms with van der Waals surface area (Å²) in [6.45, 7) is 0. The van der Waals surface area contributed by atoms with Crippen molar-refractivity contribution >= 4 is 42.7 Å². The number of fused-ring (bicyclic) bond motifs is 2. The highest BCUT2D eigenvalue weighted by molar-refractivity contribution is 7.85. The van der Waals surface area contributed by atoms with Crippen LogP contribution in [0.5, 0.6) is 0 Å². The first kappa shape index (κ1) is 14.2. The maximum atomic E-state index is 11.2. The minimum atomic E-state index is -4.27. The van der Waals surface area contributed by atoms with Gasteiger partial charge in [-0.05, 0) is 69.0 Å². The molecule has 0 saturated carbocycles. The van der Waals surface area contributed by atoms with Gasteiger partial charge in [0.2, 0.25) is 0 Å². The normalized spacial score (nSPS) is 13.6. The molecule has 21 heavy (non-hydrogen) atoms. The summed E-state index contributed by atoms with van der Waals surface area (Å²) < 4.78 is 53.3. The summed E-state index contributed by atoms with van der Waals surface area (Å²) in [6.07, 6.45) is 0. The van der Waals surface area contributed by atoms with Gasteiger partial charge in [0.15, 0.2) is 0 Å². The molecule has 108 valence electrons. The molecule has 0 bridgehead atoms. The van der Waals surface area contributed by atoms with E-state index in [1.165, 1.54) is 24.3 Å². The van der Waals surface area contributed by atoms with Crippen LogP contribution < -0.4 is 0 Å². The molecule has 0 saturated heterocycles. The molecule has 1 atom stereocenters. The van der Waals surface area contributed by atoms with Gasteiger partial charge in [-0.3, -0.25) is 8.76 Å². The zero-order valence-corrected chi connectivity index (χ0v) is 12.1. The van der Waals surface area contributed by atoms with E-state index in [0.717, 1.165) is 10.8 Å². The molecule has 0 fully saturated rings. The Hall–Kier alpha value is -1.80. The van der Waals surface area contributed by atoms with Gasteiger partial charge in [0, 0.05) is 4.90 Å². The summed E-state index contributed by atoms with van der Waals surface area (Å²) in [4.78, 5) is -0.0364. The zero-order valence-electron chi connectivity index (χ0n) is 10.5. The van der Waals surface area contributed by atoms with Crippen molar-refractivity contribution in [3.8, 4) is 0 Å². The van der Waals surface area contributed by atoms with Crippen molar-refractivity contribution < 1.29 is 21.7 Å². The first-order chi connectivity index (χ1) is 9.84. The average Bonchev–Trinajstić information content (AvgIpc) is 2.42. The van der Waals surface area contributed by atoms with Gasteiger partial charge in [0.25, 0.3) is 10.1 Å². The molecule has 0 aliphatic rings. The molecule has 0 aliphatic heterocycles. The fraction of sp³-hybridized carbons (Fsp3) is 0. The molecule has 0 aliphatic carbocycles. The number of benzene rings is 3. The van der Waals surface area contributed by atoms with Gasteiger partial charge in [-0.2, -0.15) is 8.42 Å². The van der Waals surface area contributed by atoms with Crippen LogP contribution >= 0.6 is 0 Å². The third kappa shape index (κ3) is 2.68. The van der Waals surface area contributed by atoms with E-state index in [2.05, 4.69) is 0 Å². The smallest absolute Gasteiger partial charge is 0.294 e. The van der Waals surface area contributed by atoms with E-state index in [1.54, 1.807) is 18.2 Å². The van der Waals surface area contributed by atoms with Gasteiger partial charge in [-0.25, -0.2) is 0 Å². The molecule has 3 aromatic carbocycles. The molecule has 0 radical (unpaired) electrons. The Bertz CT molecular complexity index is 993. The van der Waals surface area contributed by atoms with Gasteiger partial charge >= 0.3 is 0 Å². The van der Waals surface area contributed by atoms with Crippen molar-refractivity contribution in [1.29, 1.82) is 0 Å².